The molecule has 0 aliphatic rings. The van der Waals surface area contributed by atoms with E-state index in [4.69, 9.17) is 9.79 Å². The van der Waals surface area contributed by atoms with E-state index in [0.29, 0.717) is 4.48 Å². The van der Waals surface area contributed by atoms with Crippen molar-refractivity contribution in [3.63, 3.8) is 0 Å². The fraction of sp³-hybridized carbons (Fsp3) is 1.00. The molecule has 0 spiro atoms. The number of nitrogens with zero attached hydrogens (tertiary/aromatic N) is 1. The van der Waals surface area contributed by atoms with E-state index in [-0.39, 0.29) is 6.54 Å². The van der Waals surface area contributed by atoms with Crippen molar-refractivity contribution < 1.29 is 23.4 Å². The van der Waals surface area contributed by atoms with Crippen molar-refractivity contribution in [2.75, 3.05) is 27.7 Å². The molecule has 2 N–H and O–H groups in total. The zero-order valence-electron chi connectivity index (χ0n) is 7.39. The van der Waals surface area contributed by atoms with Gasteiger partial charge in [-0.2, -0.15) is 0 Å². The topological polar surface area (TPSA) is 66.8 Å². The lowest BCUT2D eigenvalue weighted by Gasteiger charge is -2.31. The third-order valence-electron chi connectivity index (χ3n) is 1.22. The summed E-state index contributed by atoms with van der Waals surface area (Å²) in [4.78, 5) is 17.6. The molecule has 0 aliphatic carbocycles. The zero-order chi connectivity index (χ0) is 9.99. The molecule has 0 bridgehead atoms. The van der Waals surface area contributed by atoms with Crippen molar-refractivity contribution in [2.24, 2.45) is 0 Å². The largest absolute Gasteiger partial charge is 0.546 e. The Hall–Kier alpha value is 0.500. The molecule has 0 amide bonds. The van der Waals surface area contributed by atoms with E-state index in [2.05, 4.69) is 14.0 Å². The Morgan fingerprint density at radius 1 is 1.50 bits per heavy atom. The van der Waals surface area contributed by atoms with E-state index >= 15 is 0 Å². The van der Waals surface area contributed by atoms with E-state index in [1.165, 1.54) is 0 Å². The molecule has 1 atom stereocenters. The van der Waals surface area contributed by atoms with Crippen LogP contribution in [0.5, 0.6) is 0 Å². The monoisotopic (exact) mass is 215 g/mol. The van der Waals surface area contributed by atoms with Crippen LogP contribution in [0.3, 0.4) is 0 Å². The molecule has 0 aromatic heterocycles. The molecule has 0 aliphatic heterocycles. The molecule has 0 aromatic rings. The first-order valence-corrected chi connectivity index (χ1v) is 5.44. The van der Waals surface area contributed by atoms with Crippen molar-refractivity contribution >= 4 is 17.1 Å². The van der Waals surface area contributed by atoms with E-state index in [9.17, 15) is 4.57 Å². The fourth-order valence-electron chi connectivity index (χ4n) is 0.681. The van der Waals surface area contributed by atoms with E-state index in [1.807, 2.05) is 21.1 Å². The Labute approximate surface area is 74.8 Å². The van der Waals surface area contributed by atoms with E-state index in [0.717, 1.165) is 0 Å². The highest BCUT2D eigenvalue weighted by atomic mass is 31.2. The molecule has 0 rings (SSSR count). The Balaban J connectivity index is 4.30. The molecule has 0 aromatic carbocycles. The van der Waals surface area contributed by atoms with Crippen LogP contribution in [0.1, 0.15) is 0 Å². The first-order valence-electron chi connectivity index (χ1n) is 3.35. The molecule has 0 fully saturated rings. The van der Waals surface area contributed by atoms with Gasteiger partial charge < -0.3 is 28.3 Å². The lowest BCUT2D eigenvalue weighted by Crippen LogP contribution is -2.41. The summed E-state index contributed by atoms with van der Waals surface area (Å²) in [5.74, 6) is -1.09. The number of quaternary nitrogens is 1. The number of hydrogen-bond acceptors (Lipinski definition) is 2. The van der Waals surface area contributed by atoms with Gasteiger partial charge in [0.15, 0.2) is 5.85 Å². The highest BCUT2D eigenvalue weighted by Crippen LogP contribution is 2.43. The van der Waals surface area contributed by atoms with Gasteiger partial charge in [-0.25, -0.2) is 0 Å². The molecule has 5 nitrogen and oxygen atoms in total. The van der Waals surface area contributed by atoms with Crippen LogP contribution in [0.2, 0.25) is 0 Å². The molecule has 0 saturated heterocycles. The maximum absolute atomic E-state index is 10.8. The smallest absolute Gasteiger partial charge is 0.357 e. The Morgan fingerprint density at radius 3 is 2.00 bits per heavy atom. The molecular weight excluding hydrogens is 200 g/mol. The van der Waals surface area contributed by atoms with Crippen LogP contribution in [0, 0.1) is 0 Å². The van der Waals surface area contributed by atoms with Crippen molar-refractivity contribution in [3.8, 4) is 0 Å². The van der Waals surface area contributed by atoms with Gasteiger partial charge in [-0.3, -0.25) is 4.57 Å². The predicted octanol–water partition coefficient (Wildman–Crippen LogP) is 0.271. The second-order valence-electron chi connectivity index (χ2n) is 3.63. The number of likely N-dealkylation sites (N-methyl/N-ethyl adjacent to an activating group) is 1. The summed E-state index contributed by atoms with van der Waals surface area (Å²) < 4.78 is 15.7. The third kappa shape index (κ3) is 5.20. The molecule has 12 heavy (non-hydrogen) atoms. The lowest BCUT2D eigenvalue weighted by molar-refractivity contribution is -0.871. The molecule has 0 radical (unpaired) electrons. The van der Waals surface area contributed by atoms with Crippen LogP contribution in [0.4, 0.5) is 0 Å². The summed E-state index contributed by atoms with van der Waals surface area (Å²) in [5, 5.41) is 0. The van der Waals surface area contributed by atoms with Crippen LogP contribution >= 0.6 is 17.1 Å². The van der Waals surface area contributed by atoms with Crippen LogP contribution in [0.15, 0.2) is 0 Å². The average molecular weight is 215 g/mol. The summed E-state index contributed by atoms with van der Waals surface area (Å²) in [6, 6.07) is 0. The highest BCUT2D eigenvalue weighted by molar-refractivity contribution is 7.52. The summed E-state index contributed by atoms with van der Waals surface area (Å²) in [5.41, 5.74) is 0. The third-order valence-corrected chi connectivity index (χ3v) is 2.72. The second kappa shape index (κ2) is 4.14. The standard InChI is InChI=1S/C5H15NO4P2/c1-6(2,3)4-5(10-11)12(7,8)9/h5,11H,4H2,1-3H3,(H2,7,8,9). The molecular formula is C5H15NO4P2. The second-order valence-corrected chi connectivity index (χ2v) is 5.62. The van der Waals surface area contributed by atoms with Gasteiger partial charge in [-0.05, 0) is 0 Å². The van der Waals surface area contributed by atoms with Gasteiger partial charge >= 0.3 is 7.60 Å². The first kappa shape index (κ1) is 12.5. The SMILES string of the molecule is C[N+](C)(C)CC(O[PH-])P(=O)(O)O. The lowest BCUT2D eigenvalue weighted by atomic mass is 10.5. The maximum atomic E-state index is 10.8. The fourth-order valence-corrected chi connectivity index (χ4v) is 2.01. The van der Waals surface area contributed by atoms with Crippen molar-refractivity contribution in [2.45, 2.75) is 5.85 Å². The van der Waals surface area contributed by atoms with Gasteiger partial charge in [0.2, 0.25) is 0 Å². The van der Waals surface area contributed by atoms with Gasteiger partial charge in [-0.15, -0.1) is 0 Å². The minimum atomic E-state index is -4.16. The number of hydrogen-bond donors (Lipinski definition) is 2. The molecule has 74 valence electrons. The summed E-state index contributed by atoms with van der Waals surface area (Å²) in [6.45, 7) is 0.244. The Kier molecular flexibility index (Phi) is 4.31. The van der Waals surface area contributed by atoms with Crippen molar-refractivity contribution in [1.82, 2.24) is 0 Å². The van der Waals surface area contributed by atoms with Gasteiger partial charge in [0.25, 0.3) is 0 Å². The first-order chi connectivity index (χ1) is 5.17. The van der Waals surface area contributed by atoms with Gasteiger partial charge in [0.05, 0.1) is 21.1 Å². The quantitative estimate of drug-likeness (QED) is 0.521. The summed E-state index contributed by atoms with van der Waals surface area (Å²) >= 11 is 0. The van der Waals surface area contributed by atoms with Gasteiger partial charge in [-0.1, -0.05) is 0 Å². The molecule has 0 heterocycles. The molecule has 7 heteroatoms. The number of rotatable bonds is 4. The van der Waals surface area contributed by atoms with Crippen LogP contribution in [-0.4, -0.2) is 47.8 Å². The zero-order valence-corrected chi connectivity index (χ0v) is 9.28. The minimum absolute atomic E-state index is 0.244. The van der Waals surface area contributed by atoms with Crippen LogP contribution in [0.25, 0.3) is 0 Å². The predicted molar refractivity (Wildman–Crippen MR) is 48.1 cm³/mol. The van der Waals surface area contributed by atoms with Crippen molar-refractivity contribution in [3.05, 3.63) is 0 Å². The Morgan fingerprint density at radius 2 is 1.92 bits per heavy atom. The van der Waals surface area contributed by atoms with Crippen molar-refractivity contribution in [1.29, 1.82) is 0 Å². The molecule has 0 saturated carbocycles. The van der Waals surface area contributed by atoms with Crippen LogP contribution < -0.4 is 0 Å². The summed E-state index contributed by atoms with van der Waals surface area (Å²) in [7, 11) is 3.97. The van der Waals surface area contributed by atoms with E-state index < -0.39 is 13.4 Å². The molecule has 1 unspecified atom stereocenters. The van der Waals surface area contributed by atoms with E-state index in [1.54, 1.807) is 0 Å². The average Bonchev–Trinajstić information content (AvgIpc) is 1.78. The van der Waals surface area contributed by atoms with Gasteiger partial charge in [0.1, 0.15) is 6.54 Å². The summed E-state index contributed by atoms with van der Waals surface area (Å²) in [6.07, 6.45) is 0. The Bertz CT molecular complexity index is 184. The normalized spacial score (nSPS) is 16.2. The maximum Gasteiger partial charge on any atom is 0.357 e. The van der Waals surface area contributed by atoms with Gasteiger partial charge in [0, 0.05) is 0 Å². The minimum Gasteiger partial charge on any atom is -0.546 e. The van der Waals surface area contributed by atoms with Crippen LogP contribution in [-0.2, 0) is 9.09 Å². The highest BCUT2D eigenvalue weighted by Gasteiger charge is 2.31.